The molecule has 1 heterocycles. The van der Waals surface area contributed by atoms with Gasteiger partial charge in [-0.15, -0.1) is 0 Å². The molecule has 0 bridgehead atoms. The van der Waals surface area contributed by atoms with Crippen molar-refractivity contribution in [3.05, 3.63) is 33.8 Å². The quantitative estimate of drug-likeness (QED) is 0.832. The lowest BCUT2D eigenvalue weighted by Gasteiger charge is -2.08. The van der Waals surface area contributed by atoms with Crippen LogP contribution in [0.25, 0.3) is 0 Å². The molecule has 0 radical (unpaired) electrons. The smallest absolute Gasteiger partial charge is 0.165 e. The fourth-order valence-electron chi connectivity index (χ4n) is 1.80. The van der Waals surface area contributed by atoms with Gasteiger partial charge in [0.05, 0.1) is 10.0 Å². The van der Waals surface area contributed by atoms with Crippen LogP contribution < -0.4 is 0 Å². The third kappa shape index (κ3) is 2.76. The van der Waals surface area contributed by atoms with Crippen molar-refractivity contribution < 1.29 is 9.53 Å². The highest BCUT2D eigenvalue weighted by molar-refractivity contribution is 6.42. The highest BCUT2D eigenvalue weighted by Crippen LogP contribution is 2.23. The molecular weight excluding hydrogens is 247 g/mol. The van der Waals surface area contributed by atoms with E-state index in [4.69, 9.17) is 27.9 Å². The molecule has 2 rings (SSSR count). The summed E-state index contributed by atoms with van der Waals surface area (Å²) in [5.41, 5.74) is 0.884. The summed E-state index contributed by atoms with van der Waals surface area (Å²) in [5.74, 6) is 0.121. The summed E-state index contributed by atoms with van der Waals surface area (Å²) in [6, 6.07) is 5.26. The van der Waals surface area contributed by atoms with Crippen LogP contribution in [0.2, 0.25) is 10.0 Å². The van der Waals surface area contributed by atoms with Gasteiger partial charge in [-0.3, -0.25) is 4.79 Å². The number of ketones is 1. The van der Waals surface area contributed by atoms with E-state index >= 15 is 0 Å². The summed E-state index contributed by atoms with van der Waals surface area (Å²) in [6.07, 6.45) is 1.94. The highest BCUT2D eigenvalue weighted by atomic mass is 35.5. The summed E-state index contributed by atoms with van der Waals surface area (Å²) < 4.78 is 5.33. The van der Waals surface area contributed by atoms with E-state index < -0.39 is 0 Å². The normalized spacial score (nSPS) is 20.0. The minimum Gasteiger partial charge on any atom is -0.370 e. The van der Waals surface area contributed by atoms with Crippen LogP contribution in [0.5, 0.6) is 0 Å². The van der Waals surface area contributed by atoms with E-state index in [1.807, 2.05) is 6.07 Å². The number of ether oxygens (including phenoxy) is 1. The maximum absolute atomic E-state index is 11.8. The van der Waals surface area contributed by atoms with Crippen LogP contribution in [0.15, 0.2) is 18.2 Å². The van der Waals surface area contributed by atoms with Crippen LogP contribution in [0, 0.1) is 0 Å². The number of halogens is 2. The standard InChI is InChI=1S/C12H12Cl2O2/c13-9-4-3-8(6-10(9)14)7-11(15)12-2-1-5-16-12/h3-4,6,12H,1-2,5,7H2. The molecule has 0 aromatic heterocycles. The van der Waals surface area contributed by atoms with E-state index in [-0.39, 0.29) is 11.9 Å². The molecule has 1 aliphatic rings. The van der Waals surface area contributed by atoms with Crippen molar-refractivity contribution in [2.24, 2.45) is 0 Å². The van der Waals surface area contributed by atoms with Gasteiger partial charge in [-0.25, -0.2) is 0 Å². The Balaban J connectivity index is 2.02. The first kappa shape index (κ1) is 11.9. The molecule has 1 saturated heterocycles. The van der Waals surface area contributed by atoms with Gasteiger partial charge < -0.3 is 4.74 Å². The predicted molar refractivity (Wildman–Crippen MR) is 64.1 cm³/mol. The summed E-state index contributed by atoms with van der Waals surface area (Å²) in [4.78, 5) is 11.8. The second kappa shape index (κ2) is 5.17. The van der Waals surface area contributed by atoms with Crippen molar-refractivity contribution in [2.75, 3.05) is 6.61 Å². The third-order valence-corrected chi connectivity index (χ3v) is 3.39. The van der Waals surface area contributed by atoms with Gasteiger partial charge in [-0.05, 0) is 30.5 Å². The molecular formula is C12H12Cl2O2. The van der Waals surface area contributed by atoms with Crippen LogP contribution in [-0.4, -0.2) is 18.5 Å². The zero-order valence-corrected chi connectivity index (χ0v) is 10.2. The highest BCUT2D eigenvalue weighted by Gasteiger charge is 2.23. The van der Waals surface area contributed by atoms with Crippen molar-refractivity contribution in [1.82, 2.24) is 0 Å². The zero-order chi connectivity index (χ0) is 11.5. The molecule has 1 aromatic rings. The topological polar surface area (TPSA) is 26.3 Å². The molecule has 1 fully saturated rings. The number of carbonyl (C=O) groups excluding carboxylic acids is 1. The van der Waals surface area contributed by atoms with Gasteiger partial charge in [0.15, 0.2) is 5.78 Å². The predicted octanol–water partition coefficient (Wildman–Crippen LogP) is 3.28. The van der Waals surface area contributed by atoms with Crippen molar-refractivity contribution in [2.45, 2.75) is 25.4 Å². The second-order valence-corrected chi connectivity index (χ2v) is 4.71. The number of carbonyl (C=O) groups is 1. The lowest BCUT2D eigenvalue weighted by Crippen LogP contribution is -2.21. The molecule has 0 aliphatic carbocycles. The fourth-order valence-corrected chi connectivity index (χ4v) is 2.12. The van der Waals surface area contributed by atoms with E-state index in [0.29, 0.717) is 23.1 Å². The monoisotopic (exact) mass is 258 g/mol. The fraction of sp³-hybridized carbons (Fsp3) is 0.417. The molecule has 0 N–H and O–H groups in total. The third-order valence-electron chi connectivity index (χ3n) is 2.65. The summed E-state index contributed by atoms with van der Waals surface area (Å²) in [5, 5.41) is 0.995. The molecule has 1 aliphatic heterocycles. The van der Waals surface area contributed by atoms with Crippen LogP contribution in [0.1, 0.15) is 18.4 Å². The Morgan fingerprint density at radius 3 is 2.81 bits per heavy atom. The molecule has 86 valence electrons. The number of hydrogen-bond acceptors (Lipinski definition) is 2. The second-order valence-electron chi connectivity index (χ2n) is 3.89. The summed E-state index contributed by atoms with van der Waals surface area (Å²) in [6.45, 7) is 0.692. The Bertz CT molecular complexity index is 398. The lowest BCUT2D eigenvalue weighted by atomic mass is 10.0. The minimum atomic E-state index is -0.227. The van der Waals surface area contributed by atoms with Crippen LogP contribution in [-0.2, 0) is 16.0 Å². The molecule has 1 unspecified atom stereocenters. The first-order chi connectivity index (χ1) is 7.66. The van der Waals surface area contributed by atoms with E-state index in [1.54, 1.807) is 12.1 Å². The van der Waals surface area contributed by atoms with Crippen molar-refractivity contribution in [1.29, 1.82) is 0 Å². The van der Waals surface area contributed by atoms with E-state index in [0.717, 1.165) is 18.4 Å². The number of benzene rings is 1. The first-order valence-electron chi connectivity index (χ1n) is 5.25. The van der Waals surface area contributed by atoms with E-state index in [1.165, 1.54) is 0 Å². The van der Waals surface area contributed by atoms with E-state index in [9.17, 15) is 4.79 Å². The maximum atomic E-state index is 11.8. The van der Waals surface area contributed by atoms with Gasteiger partial charge in [0.2, 0.25) is 0 Å². The molecule has 0 amide bonds. The Morgan fingerprint density at radius 1 is 1.38 bits per heavy atom. The minimum absolute atomic E-state index is 0.121. The Hall–Kier alpha value is -0.570. The van der Waals surface area contributed by atoms with Crippen LogP contribution >= 0.6 is 23.2 Å². The largest absolute Gasteiger partial charge is 0.370 e. The van der Waals surface area contributed by atoms with Crippen molar-refractivity contribution >= 4 is 29.0 Å². The number of hydrogen-bond donors (Lipinski definition) is 0. The Morgan fingerprint density at radius 2 is 2.19 bits per heavy atom. The maximum Gasteiger partial charge on any atom is 0.165 e. The van der Waals surface area contributed by atoms with Crippen LogP contribution in [0.4, 0.5) is 0 Å². The Kier molecular flexibility index (Phi) is 3.85. The molecule has 16 heavy (non-hydrogen) atoms. The molecule has 2 nitrogen and oxygen atoms in total. The van der Waals surface area contributed by atoms with Gasteiger partial charge in [0.1, 0.15) is 6.10 Å². The van der Waals surface area contributed by atoms with Gasteiger partial charge in [-0.2, -0.15) is 0 Å². The van der Waals surface area contributed by atoms with Crippen molar-refractivity contribution in [3.8, 4) is 0 Å². The van der Waals surface area contributed by atoms with Crippen molar-refractivity contribution in [3.63, 3.8) is 0 Å². The zero-order valence-electron chi connectivity index (χ0n) is 8.71. The molecule has 0 spiro atoms. The molecule has 1 aromatic carbocycles. The number of Topliss-reactive ketones (excluding diaryl/α,β-unsaturated/α-hetero) is 1. The molecule has 1 atom stereocenters. The first-order valence-corrected chi connectivity index (χ1v) is 6.00. The average Bonchev–Trinajstić information content (AvgIpc) is 2.77. The van der Waals surface area contributed by atoms with Gasteiger partial charge in [-0.1, -0.05) is 29.3 Å². The number of rotatable bonds is 3. The van der Waals surface area contributed by atoms with Gasteiger partial charge >= 0.3 is 0 Å². The van der Waals surface area contributed by atoms with Gasteiger partial charge in [0, 0.05) is 13.0 Å². The molecule has 0 saturated carbocycles. The van der Waals surface area contributed by atoms with Crippen LogP contribution in [0.3, 0.4) is 0 Å². The van der Waals surface area contributed by atoms with Gasteiger partial charge in [0.25, 0.3) is 0 Å². The summed E-state index contributed by atoms with van der Waals surface area (Å²) >= 11 is 11.7. The lowest BCUT2D eigenvalue weighted by molar-refractivity contribution is -0.127. The molecule has 4 heteroatoms. The Labute approximate surface area is 104 Å². The average molecular weight is 259 g/mol. The SMILES string of the molecule is O=C(Cc1ccc(Cl)c(Cl)c1)C1CCCO1. The van der Waals surface area contributed by atoms with E-state index in [2.05, 4.69) is 0 Å². The summed E-state index contributed by atoms with van der Waals surface area (Å²) in [7, 11) is 0.